The zero-order valence-corrected chi connectivity index (χ0v) is 13.2. The minimum atomic E-state index is 0.0485. The van der Waals surface area contributed by atoms with Crippen molar-refractivity contribution in [2.75, 3.05) is 7.11 Å². The van der Waals surface area contributed by atoms with Crippen molar-refractivity contribution in [1.82, 2.24) is 14.4 Å². The van der Waals surface area contributed by atoms with E-state index >= 15 is 0 Å². The molecule has 2 heterocycles. The van der Waals surface area contributed by atoms with Crippen molar-refractivity contribution in [3.05, 3.63) is 42.4 Å². The monoisotopic (exact) mass is 297 g/mol. The maximum Gasteiger partial charge on any atom is 0.258 e. The number of hydrogen-bond donors (Lipinski definition) is 0. The summed E-state index contributed by atoms with van der Waals surface area (Å²) in [5.41, 5.74) is 3.82. The molecule has 0 spiro atoms. The van der Waals surface area contributed by atoms with Crippen molar-refractivity contribution in [1.29, 1.82) is 0 Å². The van der Waals surface area contributed by atoms with Gasteiger partial charge in [0.05, 0.1) is 25.1 Å². The lowest BCUT2D eigenvalue weighted by Gasteiger charge is -2.11. The summed E-state index contributed by atoms with van der Waals surface area (Å²) in [6.45, 7) is 6.00. The molecule has 0 aliphatic carbocycles. The third kappa shape index (κ3) is 2.50. The Hall–Kier alpha value is -2.56. The molecule has 0 N–H and O–H groups in total. The highest BCUT2D eigenvalue weighted by Crippen LogP contribution is 2.32. The van der Waals surface area contributed by atoms with Crippen molar-refractivity contribution in [3.8, 4) is 22.9 Å². The fourth-order valence-electron chi connectivity index (χ4n) is 2.42. The molecule has 0 radical (unpaired) electrons. The van der Waals surface area contributed by atoms with Gasteiger partial charge in [0.1, 0.15) is 5.75 Å². The van der Waals surface area contributed by atoms with Crippen LogP contribution in [0.5, 0.6) is 11.6 Å². The summed E-state index contributed by atoms with van der Waals surface area (Å²) in [4.78, 5) is 8.75. The first-order valence-electron chi connectivity index (χ1n) is 7.24. The Bertz CT molecular complexity index is 809. The first kappa shape index (κ1) is 14.4. The molecule has 3 aromatic rings. The molecule has 0 saturated carbocycles. The van der Waals surface area contributed by atoms with Crippen LogP contribution < -0.4 is 9.47 Å². The predicted octanol–water partition coefficient (Wildman–Crippen LogP) is 3.50. The van der Waals surface area contributed by atoms with E-state index in [0.717, 1.165) is 17.0 Å². The summed E-state index contributed by atoms with van der Waals surface area (Å²) in [6, 6.07) is 6.09. The molecule has 0 fully saturated rings. The number of aryl methyl sites for hydroxylation is 1. The highest BCUT2D eigenvalue weighted by Gasteiger charge is 2.15. The molecule has 0 aliphatic heterocycles. The molecule has 0 aliphatic rings. The maximum absolute atomic E-state index is 5.73. The molecule has 0 unspecified atom stereocenters. The number of nitrogens with zero attached hydrogens (tertiary/aromatic N) is 3. The molecule has 3 rings (SSSR count). The second-order valence-corrected chi connectivity index (χ2v) is 5.44. The number of imidazole rings is 1. The van der Waals surface area contributed by atoms with Crippen LogP contribution in [0.4, 0.5) is 0 Å². The molecule has 0 bridgehead atoms. The predicted molar refractivity (Wildman–Crippen MR) is 85.5 cm³/mol. The van der Waals surface area contributed by atoms with E-state index < -0.39 is 0 Å². The molecule has 0 saturated heterocycles. The van der Waals surface area contributed by atoms with Crippen molar-refractivity contribution < 1.29 is 9.47 Å². The fraction of sp³-hybridized carbons (Fsp3) is 0.294. The topological polar surface area (TPSA) is 48.7 Å². The number of ether oxygens (including phenoxy) is 2. The normalized spacial score (nSPS) is 11.1. The Balaban J connectivity index is 2.19. The first-order valence-corrected chi connectivity index (χ1v) is 7.24. The van der Waals surface area contributed by atoms with Crippen LogP contribution in [-0.4, -0.2) is 27.6 Å². The van der Waals surface area contributed by atoms with Crippen LogP contribution in [0, 0.1) is 6.92 Å². The second kappa shape index (κ2) is 5.67. The highest BCUT2D eigenvalue weighted by atomic mass is 16.5. The third-order valence-electron chi connectivity index (χ3n) is 3.37. The molecule has 114 valence electrons. The second-order valence-electron chi connectivity index (χ2n) is 5.44. The molecule has 5 heteroatoms. The highest BCUT2D eigenvalue weighted by molar-refractivity contribution is 5.71. The summed E-state index contributed by atoms with van der Waals surface area (Å²) in [6.07, 6.45) is 5.47. The largest absolute Gasteiger partial charge is 0.496 e. The van der Waals surface area contributed by atoms with Gasteiger partial charge < -0.3 is 9.47 Å². The Morgan fingerprint density at radius 2 is 2.00 bits per heavy atom. The Kier molecular flexibility index (Phi) is 3.71. The van der Waals surface area contributed by atoms with Gasteiger partial charge in [0.25, 0.3) is 5.88 Å². The van der Waals surface area contributed by atoms with Gasteiger partial charge >= 0.3 is 0 Å². The van der Waals surface area contributed by atoms with E-state index in [4.69, 9.17) is 9.47 Å². The van der Waals surface area contributed by atoms with Gasteiger partial charge in [-0.2, -0.15) is 0 Å². The molecular formula is C17H19N3O2. The molecule has 22 heavy (non-hydrogen) atoms. The number of rotatable bonds is 4. The van der Waals surface area contributed by atoms with Gasteiger partial charge in [-0.3, -0.25) is 4.40 Å². The molecule has 0 amide bonds. The smallest absolute Gasteiger partial charge is 0.258 e. The Morgan fingerprint density at radius 1 is 1.18 bits per heavy atom. The lowest BCUT2D eigenvalue weighted by Crippen LogP contribution is -2.08. The van der Waals surface area contributed by atoms with Crippen LogP contribution in [0.1, 0.15) is 19.4 Å². The average Bonchev–Trinajstić information content (AvgIpc) is 2.91. The van der Waals surface area contributed by atoms with E-state index in [9.17, 15) is 0 Å². The van der Waals surface area contributed by atoms with E-state index in [1.165, 1.54) is 5.56 Å². The summed E-state index contributed by atoms with van der Waals surface area (Å²) in [7, 11) is 1.67. The van der Waals surface area contributed by atoms with Crippen molar-refractivity contribution in [2.45, 2.75) is 26.9 Å². The quantitative estimate of drug-likeness (QED) is 0.739. The number of benzene rings is 1. The van der Waals surface area contributed by atoms with Gasteiger partial charge in [-0.1, -0.05) is 11.6 Å². The van der Waals surface area contributed by atoms with Crippen LogP contribution in [0.15, 0.2) is 36.8 Å². The summed E-state index contributed by atoms with van der Waals surface area (Å²) in [5, 5.41) is 0. The van der Waals surface area contributed by atoms with Gasteiger partial charge in [0.15, 0.2) is 0 Å². The van der Waals surface area contributed by atoms with Crippen molar-refractivity contribution >= 4 is 5.65 Å². The van der Waals surface area contributed by atoms with Gasteiger partial charge in [0.2, 0.25) is 5.65 Å². The van der Waals surface area contributed by atoms with Crippen LogP contribution >= 0.6 is 0 Å². The standard InChI is InChI=1S/C17H19N3O2/c1-11(2)22-17-16-19-10-14(20(16)8-7-18-17)13-9-12(3)5-6-15(13)21-4/h5-11H,1-4H3. The van der Waals surface area contributed by atoms with Gasteiger partial charge in [-0.05, 0) is 32.9 Å². The SMILES string of the molecule is COc1ccc(C)cc1-c1cnc2c(OC(C)C)nccn12. The van der Waals surface area contributed by atoms with E-state index in [-0.39, 0.29) is 6.10 Å². The fourth-order valence-corrected chi connectivity index (χ4v) is 2.42. The Labute approximate surface area is 129 Å². The van der Waals surface area contributed by atoms with Crippen LogP contribution in [0.25, 0.3) is 16.9 Å². The van der Waals surface area contributed by atoms with Gasteiger partial charge in [-0.15, -0.1) is 0 Å². The number of fused-ring (bicyclic) bond motifs is 1. The van der Waals surface area contributed by atoms with E-state index in [2.05, 4.69) is 23.0 Å². The van der Waals surface area contributed by atoms with Crippen LogP contribution in [0.3, 0.4) is 0 Å². The van der Waals surface area contributed by atoms with Gasteiger partial charge in [0, 0.05) is 18.0 Å². The number of methoxy groups -OCH3 is 1. The minimum absolute atomic E-state index is 0.0485. The molecule has 1 aromatic carbocycles. The minimum Gasteiger partial charge on any atom is -0.496 e. The molecule has 0 atom stereocenters. The van der Waals surface area contributed by atoms with E-state index in [1.54, 1.807) is 13.3 Å². The zero-order chi connectivity index (χ0) is 15.7. The Morgan fingerprint density at radius 3 is 2.73 bits per heavy atom. The van der Waals surface area contributed by atoms with Crippen LogP contribution in [-0.2, 0) is 0 Å². The van der Waals surface area contributed by atoms with Crippen molar-refractivity contribution in [3.63, 3.8) is 0 Å². The van der Waals surface area contributed by atoms with Crippen LogP contribution in [0.2, 0.25) is 0 Å². The third-order valence-corrected chi connectivity index (χ3v) is 3.37. The first-order chi connectivity index (χ1) is 10.6. The van der Waals surface area contributed by atoms with Gasteiger partial charge in [-0.25, -0.2) is 9.97 Å². The van der Waals surface area contributed by atoms with E-state index in [1.807, 2.05) is 42.8 Å². The van der Waals surface area contributed by atoms with Crippen molar-refractivity contribution in [2.24, 2.45) is 0 Å². The maximum atomic E-state index is 5.73. The number of hydrogen-bond acceptors (Lipinski definition) is 4. The summed E-state index contributed by atoms with van der Waals surface area (Å²) >= 11 is 0. The summed E-state index contributed by atoms with van der Waals surface area (Å²) in [5.74, 6) is 1.35. The number of aromatic nitrogens is 3. The lowest BCUT2D eigenvalue weighted by atomic mass is 10.1. The molecule has 5 nitrogen and oxygen atoms in total. The summed E-state index contributed by atoms with van der Waals surface area (Å²) < 4.78 is 13.2. The average molecular weight is 297 g/mol. The zero-order valence-electron chi connectivity index (χ0n) is 13.2. The van der Waals surface area contributed by atoms with E-state index in [0.29, 0.717) is 11.5 Å². The molecule has 2 aromatic heterocycles. The molecular weight excluding hydrogens is 278 g/mol. The lowest BCUT2D eigenvalue weighted by molar-refractivity contribution is 0.234.